The summed E-state index contributed by atoms with van der Waals surface area (Å²) in [6.07, 6.45) is 4.26. The Kier molecular flexibility index (Phi) is 4.54. The number of aliphatic hydroxyl groups excluding tert-OH is 1. The summed E-state index contributed by atoms with van der Waals surface area (Å²) in [6.45, 7) is 1.57. The molecule has 0 saturated heterocycles. The molecule has 18 heavy (non-hydrogen) atoms. The third-order valence-corrected chi connectivity index (χ3v) is 4.92. The van der Waals surface area contributed by atoms with Crippen LogP contribution in [0.2, 0.25) is 0 Å². The van der Waals surface area contributed by atoms with Crippen molar-refractivity contribution in [2.24, 2.45) is 0 Å². The zero-order valence-electron chi connectivity index (χ0n) is 11.0. The summed E-state index contributed by atoms with van der Waals surface area (Å²) in [6, 6.07) is 7.60. The second kappa shape index (κ2) is 5.95. The maximum Gasteiger partial charge on any atom is 0.119 e. The molecule has 0 aromatic heterocycles. The monoisotopic (exact) mass is 267 g/mol. The molecule has 2 rings (SSSR count). The smallest absolute Gasteiger partial charge is 0.119 e. The van der Waals surface area contributed by atoms with Crippen molar-refractivity contribution in [2.75, 3.05) is 26.5 Å². The van der Waals surface area contributed by atoms with Crippen LogP contribution in [0.4, 0.5) is 0 Å². The molecule has 1 fully saturated rings. The number of aliphatic hydroxyl groups is 1. The lowest BCUT2D eigenvalue weighted by molar-refractivity contribution is 0.174. The van der Waals surface area contributed by atoms with E-state index in [1.54, 1.807) is 7.11 Å². The van der Waals surface area contributed by atoms with Crippen LogP contribution in [0.25, 0.3) is 0 Å². The molecule has 1 saturated carbocycles. The van der Waals surface area contributed by atoms with Gasteiger partial charge in [0.2, 0.25) is 0 Å². The Balaban J connectivity index is 1.81. The third kappa shape index (κ3) is 3.40. The van der Waals surface area contributed by atoms with E-state index in [0.717, 1.165) is 17.9 Å². The zero-order valence-corrected chi connectivity index (χ0v) is 11.8. The summed E-state index contributed by atoms with van der Waals surface area (Å²) in [5.41, 5.74) is 0.899. The van der Waals surface area contributed by atoms with E-state index in [-0.39, 0.29) is 0 Å². The van der Waals surface area contributed by atoms with Gasteiger partial charge in [-0.25, -0.2) is 0 Å². The molecule has 0 amide bonds. The van der Waals surface area contributed by atoms with Crippen molar-refractivity contribution in [2.45, 2.75) is 23.7 Å². The van der Waals surface area contributed by atoms with Crippen molar-refractivity contribution in [1.82, 2.24) is 5.32 Å². The van der Waals surface area contributed by atoms with Gasteiger partial charge in [0.1, 0.15) is 5.75 Å². The lowest BCUT2D eigenvalue weighted by Crippen LogP contribution is -2.29. The Hall–Kier alpha value is -0.710. The first-order valence-electron chi connectivity index (χ1n) is 6.27. The van der Waals surface area contributed by atoms with E-state index in [2.05, 4.69) is 11.6 Å². The van der Waals surface area contributed by atoms with Crippen molar-refractivity contribution in [3.63, 3.8) is 0 Å². The predicted octanol–water partition coefficient (Wildman–Crippen LogP) is 2.21. The molecule has 100 valence electrons. The lowest BCUT2D eigenvalue weighted by Gasteiger charge is -2.16. The highest BCUT2D eigenvalue weighted by Gasteiger charge is 2.41. The minimum Gasteiger partial charge on any atom is -0.497 e. The van der Waals surface area contributed by atoms with Crippen molar-refractivity contribution >= 4 is 11.8 Å². The highest BCUT2D eigenvalue weighted by atomic mass is 32.2. The number of nitrogens with one attached hydrogen (secondary N) is 1. The SMILES string of the molecule is COc1cccc(C(O)CNCC2(SC)CC2)c1. The van der Waals surface area contributed by atoms with Gasteiger partial charge in [-0.15, -0.1) is 0 Å². The quantitative estimate of drug-likeness (QED) is 0.795. The van der Waals surface area contributed by atoms with Crippen LogP contribution in [-0.4, -0.2) is 36.3 Å². The van der Waals surface area contributed by atoms with E-state index in [1.165, 1.54) is 12.8 Å². The van der Waals surface area contributed by atoms with Gasteiger partial charge in [0.05, 0.1) is 13.2 Å². The van der Waals surface area contributed by atoms with Crippen LogP contribution in [0.3, 0.4) is 0 Å². The molecule has 1 aliphatic rings. The van der Waals surface area contributed by atoms with Gasteiger partial charge in [-0.05, 0) is 36.8 Å². The number of hydrogen-bond acceptors (Lipinski definition) is 4. The van der Waals surface area contributed by atoms with Crippen LogP contribution >= 0.6 is 11.8 Å². The molecule has 0 spiro atoms. The fourth-order valence-electron chi connectivity index (χ4n) is 2.00. The molecule has 1 aromatic rings. The van der Waals surface area contributed by atoms with Gasteiger partial charge >= 0.3 is 0 Å². The third-order valence-electron chi connectivity index (χ3n) is 3.50. The molecule has 3 nitrogen and oxygen atoms in total. The van der Waals surface area contributed by atoms with Gasteiger partial charge in [0, 0.05) is 17.8 Å². The number of methoxy groups -OCH3 is 1. The highest BCUT2D eigenvalue weighted by molar-refractivity contribution is 8.00. The molecule has 1 aromatic carbocycles. The van der Waals surface area contributed by atoms with E-state index in [9.17, 15) is 5.11 Å². The summed E-state index contributed by atoms with van der Waals surface area (Å²) in [5, 5.41) is 13.5. The van der Waals surface area contributed by atoms with Crippen LogP contribution in [0.1, 0.15) is 24.5 Å². The molecule has 2 N–H and O–H groups in total. The highest BCUT2D eigenvalue weighted by Crippen LogP contribution is 2.46. The Bertz CT molecular complexity index is 393. The van der Waals surface area contributed by atoms with Crippen LogP contribution in [0.5, 0.6) is 5.75 Å². The van der Waals surface area contributed by atoms with Crippen LogP contribution < -0.4 is 10.1 Å². The number of ether oxygens (including phenoxy) is 1. The molecule has 0 radical (unpaired) electrons. The fourth-order valence-corrected chi connectivity index (χ4v) is 2.75. The van der Waals surface area contributed by atoms with Crippen molar-refractivity contribution in [1.29, 1.82) is 0 Å². The van der Waals surface area contributed by atoms with Gasteiger partial charge < -0.3 is 15.2 Å². The molecule has 4 heteroatoms. The minimum absolute atomic E-state index is 0.439. The molecular weight excluding hydrogens is 246 g/mol. The average Bonchev–Trinajstić information content (AvgIpc) is 3.19. The number of rotatable bonds is 7. The molecule has 1 unspecified atom stereocenters. The molecule has 0 aliphatic heterocycles. The zero-order chi connectivity index (χ0) is 13.0. The van der Waals surface area contributed by atoms with Gasteiger partial charge in [-0.1, -0.05) is 12.1 Å². The van der Waals surface area contributed by atoms with Gasteiger partial charge in [-0.2, -0.15) is 11.8 Å². The van der Waals surface area contributed by atoms with Gasteiger partial charge in [0.15, 0.2) is 0 Å². The van der Waals surface area contributed by atoms with Gasteiger partial charge in [-0.3, -0.25) is 0 Å². The van der Waals surface area contributed by atoms with Crippen molar-refractivity contribution in [3.05, 3.63) is 29.8 Å². The molecule has 1 aliphatic carbocycles. The fraction of sp³-hybridized carbons (Fsp3) is 0.571. The Morgan fingerprint density at radius 1 is 1.50 bits per heavy atom. The van der Waals surface area contributed by atoms with Crippen LogP contribution in [-0.2, 0) is 0 Å². The van der Waals surface area contributed by atoms with E-state index in [0.29, 0.717) is 11.3 Å². The van der Waals surface area contributed by atoms with E-state index in [1.807, 2.05) is 36.0 Å². The Labute approximate surface area is 113 Å². The van der Waals surface area contributed by atoms with Crippen molar-refractivity contribution < 1.29 is 9.84 Å². The van der Waals surface area contributed by atoms with Crippen LogP contribution in [0, 0.1) is 0 Å². The van der Waals surface area contributed by atoms with E-state index >= 15 is 0 Å². The molecular formula is C14H21NO2S. The summed E-state index contributed by atoms with van der Waals surface area (Å²) >= 11 is 1.93. The average molecular weight is 267 g/mol. The first kappa shape index (κ1) is 13.7. The number of thioether (sulfide) groups is 1. The Morgan fingerprint density at radius 2 is 2.28 bits per heavy atom. The summed E-state index contributed by atoms with van der Waals surface area (Å²) in [7, 11) is 1.64. The van der Waals surface area contributed by atoms with Crippen LogP contribution in [0.15, 0.2) is 24.3 Å². The standard InChI is InChI=1S/C14H21NO2S/c1-17-12-5-3-4-11(8-12)13(16)9-15-10-14(18-2)6-7-14/h3-5,8,13,15-16H,6-7,9-10H2,1-2H3. The molecule has 0 heterocycles. The first-order chi connectivity index (χ1) is 8.69. The van der Waals surface area contributed by atoms with E-state index < -0.39 is 6.10 Å². The van der Waals surface area contributed by atoms with E-state index in [4.69, 9.17) is 4.74 Å². The Morgan fingerprint density at radius 3 is 2.89 bits per heavy atom. The van der Waals surface area contributed by atoms with Gasteiger partial charge in [0.25, 0.3) is 0 Å². The molecule has 1 atom stereocenters. The summed E-state index contributed by atoms with van der Waals surface area (Å²) in [4.78, 5) is 0. The maximum atomic E-state index is 10.1. The summed E-state index contributed by atoms with van der Waals surface area (Å²) in [5.74, 6) is 0.786. The topological polar surface area (TPSA) is 41.5 Å². The maximum absolute atomic E-state index is 10.1. The lowest BCUT2D eigenvalue weighted by atomic mass is 10.1. The number of benzene rings is 1. The van der Waals surface area contributed by atoms with Crippen molar-refractivity contribution in [3.8, 4) is 5.75 Å². The second-order valence-electron chi connectivity index (χ2n) is 4.81. The minimum atomic E-state index is -0.474. The largest absolute Gasteiger partial charge is 0.497 e. The predicted molar refractivity (Wildman–Crippen MR) is 76.3 cm³/mol. The molecule has 0 bridgehead atoms. The normalized spacial score (nSPS) is 18.4. The summed E-state index contributed by atoms with van der Waals surface area (Å²) < 4.78 is 5.59. The first-order valence-corrected chi connectivity index (χ1v) is 7.49. The number of hydrogen-bond donors (Lipinski definition) is 2. The second-order valence-corrected chi connectivity index (χ2v) is 6.08.